The normalized spacial score (nSPS) is 23.3. The van der Waals surface area contributed by atoms with Crippen molar-refractivity contribution in [3.05, 3.63) is 83.2 Å². The Labute approximate surface area is 143 Å². The number of hydrogen-bond donors (Lipinski definition) is 0. The Kier molecular flexibility index (Phi) is 4.48. The average Bonchev–Trinajstić information content (AvgIpc) is 2.84. The largest absolute Gasteiger partial charge is 0.289 e. The molecule has 1 fully saturated rings. The van der Waals surface area contributed by atoms with Gasteiger partial charge in [-0.05, 0) is 49.3 Å². The average molecular weight is 321 g/mol. The van der Waals surface area contributed by atoms with E-state index >= 15 is 0 Å². The van der Waals surface area contributed by atoms with Gasteiger partial charge in [0.15, 0.2) is 0 Å². The maximum absolute atomic E-state index is 13.8. The summed E-state index contributed by atoms with van der Waals surface area (Å²) in [6, 6.07) is 19.2. The van der Waals surface area contributed by atoms with Crippen molar-refractivity contribution >= 4 is 0 Å². The molecule has 2 aromatic rings. The van der Waals surface area contributed by atoms with Gasteiger partial charge in [-0.1, -0.05) is 60.2 Å². The SMILES string of the molecule is Fc1ccccc1CCC1=CC2CCC(C1)N2Cc1ccccc1. The first-order valence-electron chi connectivity index (χ1n) is 9.02. The molecule has 2 aromatic carbocycles. The molecule has 2 bridgehead atoms. The van der Waals surface area contributed by atoms with Gasteiger partial charge in [0, 0.05) is 18.6 Å². The molecule has 124 valence electrons. The van der Waals surface area contributed by atoms with E-state index < -0.39 is 0 Å². The van der Waals surface area contributed by atoms with Crippen molar-refractivity contribution in [1.82, 2.24) is 4.90 Å². The summed E-state index contributed by atoms with van der Waals surface area (Å²) in [4.78, 5) is 2.65. The molecule has 4 rings (SSSR count). The zero-order valence-electron chi connectivity index (χ0n) is 14.0. The highest BCUT2D eigenvalue weighted by Crippen LogP contribution is 2.37. The molecule has 0 amide bonds. The van der Waals surface area contributed by atoms with Crippen LogP contribution in [0.1, 0.15) is 36.8 Å². The van der Waals surface area contributed by atoms with Gasteiger partial charge in [-0.25, -0.2) is 4.39 Å². The van der Waals surface area contributed by atoms with Gasteiger partial charge in [0.1, 0.15) is 5.82 Å². The lowest BCUT2D eigenvalue weighted by molar-refractivity contribution is 0.194. The van der Waals surface area contributed by atoms with Gasteiger partial charge in [-0.15, -0.1) is 0 Å². The molecule has 0 aromatic heterocycles. The molecular formula is C22H24FN. The number of halogens is 1. The number of benzene rings is 2. The van der Waals surface area contributed by atoms with Gasteiger partial charge < -0.3 is 0 Å². The first-order chi connectivity index (χ1) is 11.8. The Morgan fingerprint density at radius 2 is 1.71 bits per heavy atom. The highest BCUT2D eigenvalue weighted by Gasteiger charge is 2.35. The van der Waals surface area contributed by atoms with Crippen LogP contribution in [0.15, 0.2) is 66.2 Å². The third-order valence-corrected chi connectivity index (χ3v) is 5.50. The summed E-state index contributed by atoms with van der Waals surface area (Å²) in [7, 11) is 0. The van der Waals surface area contributed by atoms with Crippen molar-refractivity contribution in [3.8, 4) is 0 Å². The first kappa shape index (κ1) is 15.6. The molecule has 2 heteroatoms. The molecular weight excluding hydrogens is 297 g/mol. The number of rotatable bonds is 5. The van der Waals surface area contributed by atoms with Crippen LogP contribution in [0.4, 0.5) is 4.39 Å². The van der Waals surface area contributed by atoms with Crippen molar-refractivity contribution in [1.29, 1.82) is 0 Å². The van der Waals surface area contributed by atoms with Crippen LogP contribution in [0.3, 0.4) is 0 Å². The first-order valence-corrected chi connectivity index (χ1v) is 9.02. The maximum atomic E-state index is 13.8. The predicted molar refractivity (Wildman–Crippen MR) is 96.2 cm³/mol. The van der Waals surface area contributed by atoms with Crippen molar-refractivity contribution in [2.24, 2.45) is 0 Å². The smallest absolute Gasteiger partial charge is 0.126 e. The molecule has 24 heavy (non-hydrogen) atoms. The standard InChI is InChI=1S/C22H24FN/c23-22-9-5-4-8-19(22)11-10-18-14-20-12-13-21(15-18)24(20)16-17-6-2-1-3-7-17/h1-9,14,20-21H,10-13,15-16H2. The summed E-state index contributed by atoms with van der Waals surface area (Å²) in [6.45, 7) is 1.05. The quantitative estimate of drug-likeness (QED) is 0.691. The second-order valence-electron chi connectivity index (χ2n) is 7.08. The highest BCUT2D eigenvalue weighted by atomic mass is 19.1. The molecule has 2 aliphatic heterocycles. The highest BCUT2D eigenvalue weighted by molar-refractivity contribution is 5.23. The van der Waals surface area contributed by atoms with E-state index in [4.69, 9.17) is 0 Å². The maximum Gasteiger partial charge on any atom is 0.126 e. The minimum absolute atomic E-state index is 0.0671. The fourth-order valence-corrected chi connectivity index (χ4v) is 4.23. The van der Waals surface area contributed by atoms with Gasteiger partial charge in [-0.2, -0.15) is 0 Å². The molecule has 2 aliphatic rings. The van der Waals surface area contributed by atoms with Crippen LogP contribution in [0, 0.1) is 5.82 Å². The van der Waals surface area contributed by atoms with E-state index in [2.05, 4.69) is 41.3 Å². The fraction of sp³-hybridized carbons (Fsp3) is 0.364. The molecule has 2 unspecified atom stereocenters. The van der Waals surface area contributed by atoms with E-state index in [1.807, 2.05) is 12.1 Å². The van der Waals surface area contributed by atoms with E-state index in [1.54, 1.807) is 12.1 Å². The van der Waals surface area contributed by atoms with E-state index in [9.17, 15) is 4.39 Å². The molecule has 0 spiro atoms. The van der Waals surface area contributed by atoms with Gasteiger partial charge >= 0.3 is 0 Å². The van der Waals surface area contributed by atoms with E-state index in [0.717, 1.165) is 31.4 Å². The van der Waals surface area contributed by atoms with E-state index in [-0.39, 0.29) is 5.82 Å². The van der Waals surface area contributed by atoms with Crippen LogP contribution in [-0.4, -0.2) is 17.0 Å². The number of nitrogens with zero attached hydrogens (tertiary/aromatic N) is 1. The molecule has 2 heterocycles. The summed E-state index contributed by atoms with van der Waals surface area (Å²) in [6.07, 6.45) is 7.98. The van der Waals surface area contributed by atoms with Gasteiger partial charge in [-0.3, -0.25) is 4.90 Å². The summed E-state index contributed by atoms with van der Waals surface area (Å²) in [5, 5.41) is 0. The van der Waals surface area contributed by atoms with Gasteiger partial charge in [0.05, 0.1) is 0 Å². The molecule has 1 nitrogen and oxygen atoms in total. The van der Waals surface area contributed by atoms with Crippen LogP contribution in [-0.2, 0) is 13.0 Å². The molecule has 0 aliphatic carbocycles. The van der Waals surface area contributed by atoms with Crippen LogP contribution < -0.4 is 0 Å². The van der Waals surface area contributed by atoms with Crippen molar-refractivity contribution in [2.75, 3.05) is 0 Å². The minimum atomic E-state index is -0.0671. The fourth-order valence-electron chi connectivity index (χ4n) is 4.23. The van der Waals surface area contributed by atoms with Gasteiger partial charge in [0.2, 0.25) is 0 Å². The zero-order valence-corrected chi connectivity index (χ0v) is 14.0. The van der Waals surface area contributed by atoms with Gasteiger partial charge in [0.25, 0.3) is 0 Å². The number of hydrogen-bond acceptors (Lipinski definition) is 1. The Bertz CT molecular complexity index is 722. The summed E-state index contributed by atoms with van der Waals surface area (Å²) in [5.74, 6) is -0.0671. The van der Waals surface area contributed by atoms with Crippen LogP contribution in [0.5, 0.6) is 0 Å². The van der Waals surface area contributed by atoms with Crippen LogP contribution in [0.2, 0.25) is 0 Å². The van der Waals surface area contributed by atoms with Crippen LogP contribution >= 0.6 is 0 Å². The van der Waals surface area contributed by atoms with Crippen molar-refractivity contribution in [3.63, 3.8) is 0 Å². The van der Waals surface area contributed by atoms with Crippen molar-refractivity contribution in [2.45, 2.75) is 50.7 Å². The molecule has 0 radical (unpaired) electrons. The van der Waals surface area contributed by atoms with Crippen LogP contribution in [0.25, 0.3) is 0 Å². The Balaban J connectivity index is 1.41. The Morgan fingerprint density at radius 3 is 2.50 bits per heavy atom. The lowest BCUT2D eigenvalue weighted by atomic mass is 9.95. The predicted octanol–water partition coefficient (Wildman–Crippen LogP) is 5.12. The molecule has 0 N–H and O–H groups in total. The van der Waals surface area contributed by atoms with E-state index in [0.29, 0.717) is 12.1 Å². The lowest BCUT2D eigenvalue weighted by Crippen LogP contribution is -2.38. The van der Waals surface area contributed by atoms with E-state index in [1.165, 1.54) is 24.0 Å². The number of aryl methyl sites for hydroxylation is 1. The second-order valence-corrected chi connectivity index (χ2v) is 7.08. The molecule has 1 saturated heterocycles. The van der Waals surface area contributed by atoms with Crippen molar-refractivity contribution < 1.29 is 4.39 Å². The third-order valence-electron chi connectivity index (χ3n) is 5.50. The third kappa shape index (κ3) is 3.29. The lowest BCUT2D eigenvalue weighted by Gasteiger charge is -2.34. The summed E-state index contributed by atoms with van der Waals surface area (Å²) in [5.41, 5.74) is 3.77. The minimum Gasteiger partial charge on any atom is -0.289 e. The Morgan fingerprint density at radius 1 is 0.917 bits per heavy atom. The summed E-state index contributed by atoms with van der Waals surface area (Å²) < 4.78 is 13.8. The number of fused-ring (bicyclic) bond motifs is 2. The Hall–Kier alpha value is -1.93. The zero-order chi connectivity index (χ0) is 16.4. The monoisotopic (exact) mass is 321 g/mol. The molecule has 0 saturated carbocycles. The summed E-state index contributed by atoms with van der Waals surface area (Å²) >= 11 is 0. The topological polar surface area (TPSA) is 3.24 Å². The molecule has 2 atom stereocenters. The second kappa shape index (κ2) is 6.90.